The average molecular weight is 212 g/mol. The molecule has 0 aliphatic rings. The van der Waals surface area contributed by atoms with E-state index in [-0.39, 0.29) is 0 Å². The maximum absolute atomic E-state index is 5.76. The molecule has 0 atom stereocenters. The lowest BCUT2D eigenvalue weighted by atomic mass is 10.3. The maximum Gasteiger partial charge on any atom is 0.0467 e. The molecule has 0 fully saturated rings. The predicted molar refractivity (Wildman–Crippen MR) is 60.0 cm³/mol. The summed E-state index contributed by atoms with van der Waals surface area (Å²) in [6.07, 6.45) is 5.90. The first-order valence-corrected chi connectivity index (χ1v) is 5.21. The molecule has 0 unspecified atom stereocenters. The molecule has 0 aliphatic heterocycles. The zero-order valence-corrected chi connectivity index (χ0v) is 8.66. The van der Waals surface area contributed by atoms with E-state index >= 15 is 0 Å². The van der Waals surface area contributed by atoms with Gasteiger partial charge in [0.25, 0.3) is 0 Å². The molecule has 68 valence electrons. The number of nitrogen functional groups attached to an aromatic ring is 1. The van der Waals surface area contributed by atoms with Crippen molar-refractivity contribution in [1.29, 1.82) is 0 Å². The highest BCUT2D eigenvalue weighted by molar-refractivity contribution is 7.99. The monoisotopic (exact) mass is 211 g/mol. The minimum Gasteiger partial charge on any atom is -0.398 e. The maximum atomic E-state index is 5.76. The molecule has 1 aromatic carbocycles. The zero-order valence-electron chi connectivity index (χ0n) is 7.09. The number of benzene rings is 1. The van der Waals surface area contributed by atoms with Crippen LogP contribution in [0.3, 0.4) is 0 Å². The van der Waals surface area contributed by atoms with Crippen LogP contribution in [-0.2, 0) is 0 Å². The van der Waals surface area contributed by atoms with Crippen molar-refractivity contribution in [2.45, 2.75) is 11.3 Å². The Morgan fingerprint density at radius 1 is 1.54 bits per heavy atom. The SMILES string of the molecule is C#CCCSc1ccc(Cl)cc1N. The summed E-state index contributed by atoms with van der Waals surface area (Å²) in [5, 5.41) is 0.666. The molecule has 1 rings (SSSR count). The van der Waals surface area contributed by atoms with Gasteiger partial charge in [0, 0.05) is 27.8 Å². The van der Waals surface area contributed by atoms with Gasteiger partial charge in [-0.25, -0.2) is 0 Å². The second-order valence-corrected chi connectivity index (χ2v) is 4.06. The Balaban J connectivity index is 2.62. The summed E-state index contributed by atoms with van der Waals surface area (Å²) >= 11 is 7.41. The number of hydrogen-bond donors (Lipinski definition) is 1. The van der Waals surface area contributed by atoms with Gasteiger partial charge >= 0.3 is 0 Å². The predicted octanol–water partition coefficient (Wildman–Crippen LogP) is 3.04. The summed E-state index contributed by atoms with van der Waals surface area (Å²) in [6, 6.07) is 5.49. The van der Waals surface area contributed by atoms with E-state index in [2.05, 4.69) is 5.92 Å². The van der Waals surface area contributed by atoms with E-state index in [0.717, 1.165) is 22.8 Å². The molecular formula is C10H10ClNS. The van der Waals surface area contributed by atoms with Crippen molar-refractivity contribution >= 4 is 29.1 Å². The second-order valence-electron chi connectivity index (χ2n) is 2.48. The fourth-order valence-electron chi connectivity index (χ4n) is 0.871. The molecule has 1 aromatic rings. The van der Waals surface area contributed by atoms with Gasteiger partial charge in [0.2, 0.25) is 0 Å². The first kappa shape index (κ1) is 10.3. The first-order valence-electron chi connectivity index (χ1n) is 3.85. The summed E-state index contributed by atoms with van der Waals surface area (Å²) in [7, 11) is 0. The van der Waals surface area contributed by atoms with E-state index in [1.54, 1.807) is 17.8 Å². The van der Waals surface area contributed by atoms with E-state index < -0.39 is 0 Å². The number of rotatable bonds is 3. The lowest BCUT2D eigenvalue weighted by molar-refractivity contribution is 1.29. The number of anilines is 1. The third-order valence-electron chi connectivity index (χ3n) is 1.48. The molecule has 1 nitrogen and oxygen atoms in total. The van der Waals surface area contributed by atoms with Crippen LogP contribution in [0.25, 0.3) is 0 Å². The van der Waals surface area contributed by atoms with E-state index in [1.165, 1.54) is 0 Å². The van der Waals surface area contributed by atoms with Gasteiger partial charge in [-0.15, -0.1) is 24.1 Å². The van der Waals surface area contributed by atoms with Gasteiger partial charge in [0.05, 0.1) is 0 Å². The highest BCUT2D eigenvalue weighted by Gasteiger charge is 1.99. The van der Waals surface area contributed by atoms with Gasteiger partial charge in [-0.1, -0.05) is 11.6 Å². The Morgan fingerprint density at radius 3 is 2.92 bits per heavy atom. The lowest BCUT2D eigenvalue weighted by Gasteiger charge is -2.03. The fraction of sp³-hybridized carbons (Fsp3) is 0.200. The standard InChI is InChI=1S/C10H10ClNS/c1-2-3-6-13-10-5-4-8(11)7-9(10)12/h1,4-5,7H,3,6,12H2. The number of nitrogens with two attached hydrogens (primary N) is 1. The lowest BCUT2D eigenvalue weighted by Crippen LogP contribution is -1.88. The van der Waals surface area contributed by atoms with E-state index in [0.29, 0.717) is 5.02 Å². The summed E-state index contributed by atoms with van der Waals surface area (Å²) < 4.78 is 0. The molecule has 0 amide bonds. The summed E-state index contributed by atoms with van der Waals surface area (Å²) in [4.78, 5) is 1.04. The van der Waals surface area contributed by atoms with Crippen LogP contribution < -0.4 is 5.73 Å². The van der Waals surface area contributed by atoms with Crippen LogP contribution in [0.5, 0.6) is 0 Å². The molecule has 0 heterocycles. The number of halogens is 1. The van der Waals surface area contributed by atoms with Crippen molar-refractivity contribution in [2.24, 2.45) is 0 Å². The molecule has 0 spiro atoms. The van der Waals surface area contributed by atoms with Crippen LogP contribution in [0.15, 0.2) is 23.1 Å². The Labute approximate surface area is 87.7 Å². The fourth-order valence-corrected chi connectivity index (χ4v) is 1.88. The third-order valence-corrected chi connectivity index (χ3v) is 2.80. The van der Waals surface area contributed by atoms with Crippen LogP contribution in [0.1, 0.15) is 6.42 Å². The molecule has 0 bridgehead atoms. The van der Waals surface area contributed by atoms with Crippen LogP contribution in [0.4, 0.5) is 5.69 Å². The van der Waals surface area contributed by atoms with Crippen LogP contribution in [-0.4, -0.2) is 5.75 Å². The summed E-state index contributed by atoms with van der Waals surface area (Å²) in [6.45, 7) is 0. The van der Waals surface area contributed by atoms with Gasteiger partial charge in [-0.3, -0.25) is 0 Å². The Hall–Kier alpha value is -0.780. The molecule has 0 radical (unpaired) electrons. The van der Waals surface area contributed by atoms with Gasteiger partial charge in [0.15, 0.2) is 0 Å². The Bertz CT molecular complexity index is 330. The normalized spacial score (nSPS) is 9.54. The quantitative estimate of drug-likeness (QED) is 0.360. The Kier molecular flexibility index (Phi) is 4.01. The molecule has 0 aliphatic carbocycles. The van der Waals surface area contributed by atoms with Crippen molar-refractivity contribution in [3.63, 3.8) is 0 Å². The minimum atomic E-state index is 0.666. The molecular weight excluding hydrogens is 202 g/mol. The van der Waals surface area contributed by atoms with Gasteiger partial charge in [-0.05, 0) is 18.2 Å². The first-order chi connectivity index (χ1) is 6.24. The van der Waals surface area contributed by atoms with Gasteiger partial charge < -0.3 is 5.73 Å². The van der Waals surface area contributed by atoms with Crippen molar-refractivity contribution < 1.29 is 0 Å². The van der Waals surface area contributed by atoms with Gasteiger partial charge in [-0.2, -0.15) is 0 Å². The van der Waals surface area contributed by atoms with Crippen molar-refractivity contribution in [3.8, 4) is 12.3 Å². The molecule has 2 N–H and O–H groups in total. The summed E-state index contributed by atoms with van der Waals surface area (Å²) in [5.74, 6) is 3.47. The van der Waals surface area contributed by atoms with Crippen LogP contribution >= 0.6 is 23.4 Å². The van der Waals surface area contributed by atoms with E-state index in [4.69, 9.17) is 23.8 Å². The largest absolute Gasteiger partial charge is 0.398 e. The van der Waals surface area contributed by atoms with Crippen LogP contribution in [0.2, 0.25) is 5.02 Å². The molecule has 0 aromatic heterocycles. The van der Waals surface area contributed by atoms with Crippen molar-refractivity contribution in [1.82, 2.24) is 0 Å². The topological polar surface area (TPSA) is 26.0 Å². The highest BCUT2D eigenvalue weighted by Crippen LogP contribution is 2.27. The number of thioether (sulfide) groups is 1. The van der Waals surface area contributed by atoms with Crippen molar-refractivity contribution in [3.05, 3.63) is 23.2 Å². The zero-order chi connectivity index (χ0) is 9.68. The Morgan fingerprint density at radius 2 is 2.31 bits per heavy atom. The van der Waals surface area contributed by atoms with Crippen molar-refractivity contribution in [2.75, 3.05) is 11.5 Å². The molecule has 3 heteroatoms. The van der Waals surface area contributed by atoms with Gasteiger partial charge in [0.1, 0.15) is 0 Å². The highest BCUT2D eigenvalue weighted by atomic mass is 35.5. The van der Waals surface area contributed by atoms with E-state index in [9.17, 15) is 0 Å². The smallest absolute Gasteiger partial charge is 0.0467 e. The number of terminal acetylenes is 1. The molecule has 0 saturated heterocycles. The molecule has 0 saturated carbocycles. The second kappa shape index (κ2) is 5.06. The van der Waals surface area contributed by atoms with E-state index in [1.807, 2.05) is 12.1 Å². The number of hydrogen-bond acceptors (Lipinski definition) is 2. The average Bonchev–Trinajstić information content (AvgIpc) is 2.09. The third kappa shape index (κ3) is 3.22. The minimum absolute atomic E-state index is 0.666. The van der Waals surface area contributed by atoms with Crippen LogP contribution in [0, 0.1) is 12.3 Å². The summed E-state index contributed by atoms with van der Waals surface area (Å²) in [5.41, 5.74) is 6.46. The molecule has 13 heavy (non-hydrogen) atoms.